The molecule has 2 fully saturated rings. The second-order valence-corrected chi connectivity index (χ2v) is 5.65. The molecule has 0 bridgehead atoms. The van der Waals surface area contributed by atoms with Gasteiger partial charge in [0, 0.05) is 20.2 Å². The fourth-order valence-corrected chi connectivity index (χ4v) is 2.97. The first-order valence-electron chi connectivity index (χ1n) is 6.74. The van der Waals surface area contributed by atoms with E-state index in [0.29, 0.717) is 25.6 Å². The zero-order valence-corrected chi connectivity index (χ0v) is 10.8. The SMILES string of the molecule is CN(CC1CCCCC1)C(=O)C1(N)CCOC1. The maximum Gasteiger partial charge on any atom is 0.244 e. The van der Waals surface area contributed by atoms with Gasteiger partial charge in [0.2, 0.25) is 5.91 Å². The van der Waals surface area contributed by atoms with Gasteiger partial charge in [-0.2, -0.15) is 0 Å². The molecule has 1 saturated heterocycles. The van der Waals surface area contributed by atoms with Crippen molar-refractivity contribution in [2.75, 3.05) is 26.8 Å². The largest absolute Gasteiger partial charge is 0.379 e. The van der Waals surface area contributed by atoms with Gasteiger partial charge in [-0.1, -0.05) is 19.3 Å². The Labute approximate surface area is 103 Å². The summed E-state index contributed by atoms with van der Waals surface area (Å²) in [7, 11) is 1.88. The molecule has 0 aromatic carbocycles. The Bertz CT molecular complexity index is 269. The van der Waals surface area contributed by atoms with Gasteiger partial charge in [0.25, 0.3) is 0 Å². The number of carbonyl (C=O) groups is 1. The molecule has 1 heterocycles. The normalized spacial score (nSPS) is 30.5. The molecule has 0 aromatic heterocycles. The second kappa shape index (κ2) is 5.36. The number of rotatable bonds is 3. The number of amides is 1. The molecule has 2 aliphatic rings. The van der Waals surface area contributed by atoms with Crippen LogP contribution < -0.4 is 5.73 Å². The van der Waals surface area contributed by atoms with Crippen LogP contribution in [0, 0.1) is 5.92 Å². The Kier molecular flexibility index (Phi) is 4.05. The molecule has 4 nitrogen and oxygen atoms in total. The minimum Gasteiger partial charge on any atom is -0.379 e. The van der Waals surface area contributed by atoms with E-state index in [1.54, 1.807) is 0 Å². The highest BCUT2D eigenvalue weighted by atomic mass is 16.5. The molecule has 0 spiro atoms. The highest BCUT2D eigenvalue weighted by Gasteiger charge is 2.40. The molecule has 1 aliphatic carbocycles. The molecule has 2 rings (SSSR count). The fourth-order valence-electron chi connectivity index (χ4n) is 2.97. The second-order valence-electron chi connectivity index (χ2n) is 5.65. The van der Waals surface area contributed by atoms with Crippen molar-refractivity contribution in [1.82, 2.24) is 4.90 Å². The van der Waals surface area contributed by atoms with Crippen LogP contribution in [0.4, 0.5) is 0 Å². The zero-order valence-electron chi connectivity index (χ0n) is 10.8. The predicted octanol–water partition coefficient (Wildman–Crippen LogP) is 1.14. The van der Waals surface area contributed by atoms with Crippen molar-refractivity contribution in [2.45, 2.75) is 44.1 Å². The van der Waals surface area contributed by atoms with Crippen LogP contribution in [0.3, 0.4) is 0 Å². The van der Waals surface area contributed by atoms with Crippen molar-refractivity contribution < 1.29 is 9.53 Å². The third-order valence-electron chi connectivity index (χ3n) is 4.08. The Morgan fingerprint density at radius 1 is 1.41 bits per heavy atom. The number of carbonyl (C=O) groups excluding carboxylic acids is 1. The highest BCUT2D eigenvalue weighted by Crippen LogP contribution is 2.25. The minimum atomic E-state index is -0.760. The monoisotopic (exact) mass is 240 g/mol. The quantitative estimate of drug-likeness (QED) is 0.805. The van der Waals surface area contributed by atoms with Crippen molar-refractivity contribution in [3.8, 4) is 0 Å². The molecule has 0 radical (unpaired) electrons. The number of ether oxygens (including phenoxy) is 1. The topological polar surface area (TPSA) is 55.6 Å². The van der Waals surface area contributed by atoms with Crippen LogP contribution in [0.25, 0.3) is 0 Å². The highest BCUT2D eigenvalue weighted by molar-refractivity contribution is 5.86. The van der Waals surface area contributed by atoms with Crippen molar-refractivity contribution in [3.05, 3.63) is 0 Å². The lowest BCUT2D eigenvalue weighted by atomic mass is 9.88. The summed E-state index contributed by atoms with van der Waals surface area (Å²) in [5.41, 5.74) is 5.33. The molecule has 98 valence electrons. The van der Waals surface area contributed by atoms with Crippen LogP contribution in [-0.4, -0.2) is 43.2 Å². The fraction of sp³-hybridized carbons (Fsp3) is 0.923. The van der Waals surface area contributed by atoms with Gasteiger partial charge in [-0.25, -0.2) is 0 Å². The maximum atomic E-state index is 12.3. The first-order chi connectivity index (χ1) is 8.12. The van der Waals surface area contributed by atoms with E-state index >= 15 is 0 Å². The van der Waals surface area contributed by atoms with Gasteiger partial charge in [0.05, 0.1) is 6.61 Å². The van der Waals surface area contributed by atoms with Gasteiger partial charge < -0.3 is 15.4 Å². The zero-order chi connectivity index (χ0) is 12.3. The molecular weight excluding hydrogens is 216 g/mol. The van der Waals surface area contributed by atoms with Crippen molar-refractivity contribution >= 4 is 5.91 Å². The summed E-state index contributed by atoms with van der Waals surface area (Å²) in [6.45, 7) is 1.85. The molecule has 1 unspecified atom stereocenters. The molecule has 1 aliphatic heterocycles. The van der Waals surface area contributed by atoms with Crippen LogP contribution in [0.1, 0.15) is 38.5 Å². The Morgan fingerprint density at radius 2 is 2.12 bits per heavy atom. The number of hydrogen-bond acceptors (Lipinski definition) is 3. The summed E-state index contributed by atoms with van der Waals surface area (Å²) in [6, 6.07) is 0. The summed E-state index contributed by atoms with van der Waals surface area (Å²) in [6.07, 6.45) is 7.13. The average Bonchev–Trinajstić information content (AvgIpc) is 2.78. The van der Waals surface area contributed by atoms with Gasteiger partial charge in [-0.15, -0.1) is 0 Å². The molecular formula is C13H24N2O2. The van der Waals surface area contributed by atoms with E-state index < -0.39 is 5.54 Å². The lowest BCUT2D eigenvalue weighted by Gasteiger charge is -2.31. The summed E-state index contributed by atoms with van der Waals surface area (Å²) in [5, 5.41) is 0. The van der Waals surface area contributed by atoms with Gasteiger partial charge >= 0.3 is 0 Å². The molecule has 4 heteroatoms. The summed E-state index contributed by atoms with van der Waals surface area (Å²) in [5.74, 6) is 0.726. The van der Waals surface area contributed by atoms with Crippen LogP contribution in [0.15, 0.2) is 0 Å². The number of nitrogens with zero attached hydrogens (tertiary/aromatic N) is 1. The molecule has 2 N–H and O–H groups in total. The first kappa shape index (κ1) is 12.8. The molecule has 1 atom stereocenters. The van der Waals surface area contributed by atoms with Gasteiger partial charge in [-0.3, -0.25) is 4.79 Å². The van der Waals surface area contributed by atoms with Gasteiger partial charge in [0.15, 0.2) is 0 Å². The van der Waals surface area contributed by atoms with E-state index in [1.165, 1.54) is 32.1 Å². The van der Waals surface area contributed by atoms with Crippen molar-refractivity contribution in [1.29, 1.82) is 0 Å². The lowest BCUT2D eigenvalue weighted by Crippen LogP contribution is -2.55. The van der Waals surface area contributed by atoms with Crippen LogP contribution >= 0.6 is 0 Å². The van der Waals surface area contributed by atoms with Crippen LogP contribution in [0.2, 0.25) is 0 Å². The predicted molar refractivity (Wildman–Crippen MR) is 66.6 cm³/mol. The summed E-state index contributed by atoms with van der Waals surface area (Å²) >= 11 is 0. The van der Waals surface area contributed by atoms with Crippen LogP contribution in [0.5, 0.6) is 0 Å². The standard InChI is InChI=1S/C13H24N2O2/c1-15(9-11-5-3-2-4-6-11)12(16)13(14)7-8-17-10-13/h11H,2-10,14H2,1H3. The minimum absolute atomic E-state index is 0.0561. The summed E-state index contributed by atoms with van der Waals surface area (Å²) in [4.78, 5) is 14.1. The van der Waals surface area contributed by atoms with Gasteiger partial charge in [0.1, 0.15) is 5.54 Å². The van der Waals surface area contributed by atoms with E-state index in [2.05, 4.69) is 0 Å². The Balaban J connectivity index is 1.85. The smallest absolute Gasteiger partial charge is 0.244 e. The van der Waals surface area contributed by atoms with Gasteiger partial charge in [-0.05, 0) is 25.2 Å². The Morgan fingerprint density at radius 3 is 2.71 bits per heavy atom. The van der Waals surface area contributed by atoms with E-state index in [9.17, 15) is 4.79 Å². The Hall–Kier alpha value is -0.610. The van der Waals surface area contributed by atoms with Crippen molar-refractivity contribution in [2.24, 2.45) is 11.7 Å². The van der Waals surface area contributed by atoms with E-state index in [-0.39, 0.29) is 5.91 Å². The van der Waals surface area contributed by atoms with E-state index in [0.717, 1.165) is 6.54 Å². The number of likely N-dealkylation sites (N-methyl/N-ethyl adjacent to an activating group) is 1. The van der Waals surface area contributed by atoms with Crippen LogP contribution in [-0.2, 0) is 9.53 Å². The van der Waals surface area contributed by atoms with E-state index in [4.69, 9.17) is 10.5 Å². The van der Waals surface area contributed by atoms with E-state index in [1.807, 2.05) is 11.9 Å². The lowest BCUT2D eigenvalue weighted by molar-refractivity contribution is -0.136. The number of nitrogens with two attached hydrogens (primary N) is 1. The number of hydrogen-bond donors (Lipinski definition) is 1. The average molecular weight is 240 g/mol. The molecule has 0 aromatic rings. The first-order valence-corrected chi connectivity index (χ1v) is 6.74. The summed E-state index contributed by atoms with van der Waals surface area (Å²) < 4.78 is 5.25. The molecule has 1 amide bonds. The molecule has 1 saturated carbocycles. The third kappa shape index (κ3) is 2.99. The third-order valence-corrected chi connectivity index (χ3v) is 4.08. The molecule has 17 heavy (non-hydrogen) atoms. The van der Waals surface area contributed by atoms with Crippen molar-refractivity contribution in [3.63, 3.8) is 0 Å². The maximum absolute atomic E-state index is 12.3.